The van der Waals surface area contributed by atoms with Gasteiger partial charge in [-0.2, -0.15) is 0 Å². The highest BCUT2D eigenvalue weighted by Crippen LogP contribution is 2.17. The number of rotatable bonds is 4. The van der Waals surface area contributed by atoms with Gasteiger partial charge in [0, 0.05) is 12.4 Å². The smallest absolute Gasteiger partial charge is 0.358 e. The fourth-order valence-electron chi connectivity index (χ4n) is 1.39. The van der Waals surface area contributed by atoms with E-state index in [2.05, 4.69) is 9.97 Å². The van der Waals surface area contributed by atoms with Gasteiger partial charge in [0.1, 0.15) is 5.82 Å². The van der Waals surface area contributed by atoms with Gasteiger partial charge in [-0.05, 0) is 18.2 Å². The van der Waals surface area contributed by atoms with E-state index in [0.29, 0.717) is 0 Å². The summed E-state index contributed by atoms with van der Waals surface area (Å²) < 4.78 is 39.0. The number of nitrogens with zero attached hydrogens (tertiary/aromatic N) is 2. The van der Waals surface area contributed by atoms with E-state index in [4.69, 9.17) is 5.11 Å². The van der Waals surface area contributed by atoms with Crippen molar-refractivity contribution in [1.29, 1.82) is 0 Å². The normalized spacial score (nSPS) is 11.1. The van der Waals surface area contributed by atoms with E-state index in [-0.39, 0.29) is 4.90 Å². The van der Waals surface area contributed by atoms with Crippen LogP contribution in [-0.2, 0) is 10.0 Å². The summed E-state index contributed by atoms with van der Waals surface area (Å²) in [7, 11) is -4.15. The van der Waals surface area contributed by atoms with Gasteiger partial charge >= 0.3 is 5.97 Å². The van der Waals surface area contributed by atoms with Crippen LogP contribution >= 0.6 is 0 Å². The number of sulfonamides is 1. The Bertz CT molecular complexity index is 764. The van der Waals surface area contributed by atoms with Crippen LogP contribution in [0.15, 0.2) is 41.6 Å². The van der Waals surface area contributed by atoms with Crippen molar-refractivity contribution in [3.05, 3.63) is 48.2 Å². The molecule has 0 radical (unpaired) electrons. The summed E-state index contributed by atoms with van der Waals surface area (Å²) in [6, 6.07) is 4.28. The molecule has 0 amide bonds. The van der Waals surface area contributed by atoms with Crippen LogP contribution in [0, 0.1) is 5.82 Å². The predicted molar refractivity (Wildman–Crippen MR) is 66.2 cm³/mol. The van der Waals surface area contributed by atoms with Crippen molar-refractivity contribution in [3.8, 4) is 0 Å². The van der Waals surface area contributed by atoms with Gasteiger partial charge in [0.05, 0.1) is 4.90 Å². The number of halogens is 1. The van der Waals surface area contributed by atoms with Crippen LogP contribution in [0.1, 0.15) is 10.5 Å². The van der Waals surface area contributed by atoms with Crippen molar-refractivity contribution < 1.29 is 22.7 Å². The standard InChI is InChI=1S/C11H8FN3O4S/c12-7-2-1-3-8(6-7)20(18,19)15-10-9(11(16)17)13-4-5-14-10/h1-6H,(H,14,15)(H,16,17). The van der Waals surface area contributed by atoms with Crippen LogP contribution in [0.5, 0.6) is 0 Å². The van der Waals surface area contributed by atoms with E-state index in [9.17, 15) is 17.6 Å². The zero-order valence-corrected chi connectivity index (χ0v) is 10.6. The monoisotopic (exact) mass is 297 g/mol. The SMILES string of the molecule is O=C(O)c1nccnc1NS(=O)(=O)c1cccc(F)c1. The molecule has 7 nitrogen and oxygen atoms in total. The summed E-state index contributed by atoms with van der Waals surface area (Å²) in [6.45, 7) is 0. The Labute approximate surface area is 113 Å². The Hall–Kier alpha value is -2.55. The zero-order valence-electron chi connectivity index (χ0n) is 9.82. The number of hydrogen-bond acceptors (Lipinski definition) is 5. The van der Waals surface area contributed by atoms with E-state index >= 15 is 0 Å². The van der Waals surface area contributed by atoms with Crippen LogP contribution in [0.3, 0.4) is 0 Å². The maximum Gasteiger partial charge on any atom is 0.358 e. The highest BCUT2D eigenvalue weighted by Gasteiger charge is 2.20. The van der Waals surface area contributed by atoms with Crippen molar-refractivity contribution in [2.24, 2.45) is 0 Å². The van der Waals surface area contributed by atoms with Gasteiger partial charge in [-0.3, -0.25) is 4.72 Å². The van der Waals surface area contributed by atoms with Crippen LogP contribution in [-0.4, -0.2) is 29.5 Å². The molecule has 0 aliphatic heterocycles. The third kappa shape index (κ3) is 2.88. The minimum absolute atomic E-state index is 0.348. The average molecular weight is 297 g/mol. The van der Waals surface area contributed by atoms with Crippen LogP contribution in [0.25, 0.3) is 0 Å². The molecular weight excluding hydrogens is 289 g/mol. The lowest BCUT2D eigenvalue weighted by Crippen LogP contribution is -2.17. The first-order valence-electron chi connectivity index (χ1n) is 5.23. The number of aromatic nitrogens is 2. The fourth-order valence-corrected chi connectivity index (χ4v) is 2.44. The first kappa shape index (κ1) is 13.9. The molecule has 0 aliphatic rings. The van der Waals surface area contributed by atoms with Crippen molar-refractivity contribution >= 4 is 21.8 Å². The molecule has 0 fully saturated rings. The summed E-state index contributed by atoms with van der Waals surface area (Å²) in [4.78, 5) is 17.7. The number of carboxylic acid groups (broad SMARTS) is 1. The third-order valence-electron chi connectivity index (χ3n) is 2.24. The van der Waals surface area contributed by atoms with Crippen molar-refractivity contribution in [2.45, 2.75) is 4.90 Å². The quantitative estimate of drug-likeness (QED) is 0.875. The first-order valence-corrected chi connectivity index (χ1v) is 6.71. The van der Waals surface area contributed by atoms with Crippen LogP contribution in [0.2, 0.25) is 0 Å². The third-order valence-corrected chi connectivity index (χ3v) is 3.57. The minimum Gasteiger partial charge on any atom is -0.476 e. The lowest BCUT2D eigenvalue weighted by atomic mass is 10.4. The number of carboxylic acids is 1. The number of anilines is 1. The van der Waals surface area contributed by atoms with Gasteiger partial charge in [-0.1, -0.05) is 6.07 Å². The summed E-state index contributed by atoms with van der Waals surface area (Å²) >= 11 is 0. The molecular formula is C11H8FN3O4S. The zero-order chi connectivity index (χ0) is 14.8. The summed E-state index contributed by atoms with van der Waals surface area (Å²) in [6.07, 6.45) is 2.25. The largest absolute Gasteiger partial charge is 0.476 e. The Morgan fingerprint density at radius 1 is 1.25 bits per heavy atom. The lowest BCUT2D eigenvalue weighted by Gasteiger charge is -2.08. The average Bonchev–Trinajstić information content (AvgIpc) is 2.38. The molecule has 0 bridgehead atoms. The van der Waals surface area contributed by atoms with Crippen molar-refractivity contribution in [1.82, 2.24) is 9.97 Å². The number of nitrogens with one attached hydrogen (secondary N) is 1. The van der Waals surface area contributed by atoms with Crippen molar-refractivity contribution in [3.63, 3.8) is 0 Å². The highest BCUT2D eigenvalue weighted by atomic mass is 32.2. The van der Waals surface area contributed by atoms with E-state index in [1.165, 1.54) is 12.1 Å². The molecule has 1 aromatic heterocycles. The Kier molecular flexibility index (Phi) is 3.61. The van der Waals surface area contributed by atoms with Gasteiger partial charge in [-0.15, -0.1) is 0 Å². The maximum absolute atomic E-state index is 13.0. The summed E-state index contributed by atoms with van der Waals surface area (Å²) in [5.74, 6) is -2.61. The van der Waals surface area contributed by atoms with Crippen LogP contribution < -0.4 is 4.72 Å². The fraction of sp³-hybridized carbons (Fsp3) is 0. The molecule has 2 aromatic rings. The van der Waals surface area contributed by atoms with Crippen molar-refractivity contribution in [2.75, 3.05) is 4.72 Å². The molecule has 0 unspecified atom stereocenters. The lowest BCUT2D eigenvalue weighted by molar-refractivity contribution is 0.0691. The molecule has 104 valence electrons. The molecule has 2 rings (SSSR count). The molecule has 1 aromatic carbocycles. The second-order valence-electron chi connectivity index (χ2n) is 3.62. The number of carbonyl (C=O) groups is 1. The molecule has 0 saturated carbocycles. The Morgan fingerprint density at radius 2 is 1.95 bits per heavy atom. The molecule has 2 N–H and O–H groups in total. The second-order valence-corrected chi connectivity index (χ2v) is 5.30. The molecule has 0 saturated heterocycles. The second kappa shape index (κ2) is 5.21. The number of hydrogen-bond donors (Lipinski definition) is 2. The van der Waals surface area contributed by atoms with E-state index in [1.807, 2.05) is 4.72 Å². The Balaban J connectivity index is 2.41. The molecule has 1 heterocycles. The molecule has 0 spiro atoms. The van der Waals surface area contributed by atoms with E-state index in [1.54, 1.807) is 0 Å². The number of benzene rings is 1. The van der Waals surface area contributed by atoms with E-state index in [0.717, 1.165) is 24.5 Å². The summed E-state index contributed by atoms with van der Waals surface area (Å²) in [5.41, 5.74) is -0.549. The highest BCUT2D eigenvalue weighted by molar-refractivity contribution is 7.92. The molecule has 9 heteroatoms. The van der Waals surface area contributed by atoms with Gasteiger partial charge in [-0.25, -0.2) is 27.6 Å². The van der Waals surface area contributed by atoms with Gasteiger partial charge < -0.3 is 5.11 Å². The first-order chi connectivity index (χ1) is 9.40. The molecule has 0 atom stereocenters. The van der Waals surface area contributed by atoms with Crippen LogP contribution in [0.4, 0.5) is 10.2 Å². The van der Waals surface area contributed by atoms with E-state index < -0.39 is 33.3 Å². The van der Waals surface area contributed by atoms with Gasteiger partial charge in [0.25, 0.3) is 10.0 Å². The maximum atomic E-state index is 13.0. The number of aromatic carboxylic acids is 1. The molecule has 0 aliphatic carbocycles. The molecule has 20 heavy (non-hydrogen) atoms. The topological polar surface area (TPSA) is 109 Å². The Morgan fingerprint density at radius 3 is 2.60 bits per heavy atom. The predicted octanol–water partition coefficient (Wildman–Crippen LogP) is 1.11. The van der Waals surface area contributed by atoms with Gasteiger partial charge in [0.2, 0.25) is 0 Å². The van der Waals surface area contributed by atoms with Gasteiger partial charge in [0.15, 0.2) is 11.5 Å². The summed E-state index contributed by atoms with van der Waals surface area (Å²) in [5, 5.41) is 8.88. The minimum atomic E-state index is -4.15.